The standard InChI is InChI=1S/C24H24N4O5S/c1-4-33-23(30)21-18(25-24(31)26-22(21)15-6-8-16(32-3)9-7-15)13-28-20(29)12-10-17(27-28)19-11-5-14(2)34-19/h5-12,22H,4,13H2,1-3H3,(H2,25,26,31). The maximum Gasteiger partial charge on any atom is 0.338 e. The molecule has 0 spiro atoms. The molecule has 1 unspecified atom stereocenters. The van der Waals surface area contributed by atoms with Crippen molar-refractivity contribution in [2.75, 3.05) is 13.7 Å². The highest BCUT2D eigenvalue weighted by Gasteiger charge is 2.34. The largest absolute Gasteiger partial charge is 0.497 e. The Kier molecular flexibility index (Phi) is 6.78. The number of carbonyl (C=O) groups is 2. The number of aromatic nitrogens is 2. The molecule has 0 saturated carbocycles. The molecule has 1 atom stereocenters. The van der Waals surface area contributed by atoms with Crippen molar-refractivity contribution in [3.05, 3.63) is 80.6 Å². The number of nitrogens with one attached hydrogen (secondary N) is 2. The minimum Gasteiger partial charge on any atom is -0.497 e. The Bertz CT molecular complexity index is 1310. The molecular weight excluding hydrogens is 456 g/mol. The van der Waals surface area contributed by atoms with Crippen LogP contribution in [0.15, 0.2) is 64.6 Å². The molecule has 10 heteroatoms. The van der Waals surface area contributed by atoms with Gasteiger partial charge in [0.25, 0.3) is 5.56 Å². The van der Waals surface area contributed by atoms with Gasteiger partial charge in [0.05, 0.1) is 42.5 Å². The molecule has 2 N–H and O–H groups in total. The Labute approximate surface area is 200 Å². The van der Waals surface area contributed by atoms with Crippen LogP contribution in [0, 0.1) is 6.92 Å². The molecule has 0 radical (unpaired) electrons. The van der Waals surface area contributed by atoms with E-state index in [9.17, 15) is 14.4 Å². The summed E-state index contributed by atoms with van der Waals surface area (Å²) in [7, 11) is 1.56. The summed E-state index contributed by atoms with van der Waals surface area (Å²) in [4.78, 5) is 40.2. The van der Waals surface area contributed by atoms with E-state index < -0.39 is 18.0 Å². The summed E-state index contributed by atoms with van der Waals surface area (Å²) in [6, 6.07) is 12.7. The molecule has 3 aromatic rings. The zero-order valence-electron chi connectivity index (χ0n) is 19.0. The van der Waals surface area contributed by atoms with Crippen LogP contribution in [-0.2, 0) is 16.1 Å². The van der Waals surface area contributed by atoms with Crippen LogP contribution in [0.4, 0.5) is 4.79 Å². The molecule has 1 aromatic carbocycles. The summed E-state index contributed by atoms with van der Waals surface area (Å²) in [5, 5.41) is 9.92. The van der Waals surface area contributed by atoms with Crippen LogP contribution < -0.4 is 20.9 Å². The van der Waals surface area contributed by atoms with Gasteiger partial charge >= 0.3 is 12.0 Å². The molecule has 0 saturated heterocycles. The molecule has 1 aliphatic heterocycles. The first-order valence-corrected chi connectivity index (χ1v) is 11.5. The van der Waals surface area contributed by atoms with E-state index in [0.29, 0.717) is 17.0 Å². The van der Waals surface area contributed by atoms with Crippen LogP contribution in [0.2, 0.25) is 0 Å². The lowest BCUT2D eigenvalue weighted by molar-refractivity contribution is -0.139. The fourth-order valence-corrected chi connectivity index (χ4v) is 4.49. The van der Waals surface area contributed by atoms with Gasteiger partial charge in [-0.15, -0.1) is 11.3 Å². The quantitative estimate of drug-likeness (QED) is 0.503. The van der Waals surface area contributed by atoms with E-state index in [4.69, 9.17) is 9.47 Å². The van der Waals surface area contributed by atoms with E-state index in [-0.39, 0.29) is 30.0 Å². The molecule has 34 heavy (non-hydrogen) atoms. The summed E-state index contributed by atoms with van der Waals surface area (Å²) < 4.78 is 11.7. The van der Waals surface area contributed by atoms with Gasteiger partial charge in [-0.05, 0) is 49.7 Å². The number of ether oxygens (including phenoxy) is 2. The normalized spacial score (nSPS) is 15.5. The number of allylic oxidation sites excluding steroid dienone is 1. The lowest BCUT2D eigenvalue weighted by atomic mass is 9.95. The molecule has 1 aliphatic rings. The van der Waals surface area contributed by atoms with Gasteiger partial charge in [0.1, 0.15) is 11.4 Å². The molecule has 0 fully saturated rings. The van der Waals surface area contributed by atoms with Crippen molar-refractivity contribution < 1.29 is 19.1 Å². The van der Waals surface area contributed by atoms with E-state index in [1.54, 1.807) is 55.7 Å². The number of esters is 1. The van der Waals surface area contributed by atoms with Crippen LogP contribution in [0.5, 0.6) is 5.75 Å². The summed E-state index contributed by atoms with van der Waals surface area (Å²) in [6.45, 7) is 3.74. The third-order valence-corrected chi connectivity index (χ3v) is 6.29. The van der Waals surface area contributed by atoms with Gasteiger partial charge < -0.3 is 20.1 Å². The third-order valence-electron chi connectivity index (χ3n) is 5.27. The van der Waals surface area contributed by atoms with Crippen molar-refractivity contribution in [1.82, 2.24) is 20.4 Å². The zero-order chi connectivity index (χ0) is 24.2. The minimum absolute atomic E-state index is 0.106. The van der Waals surface area contributed by atoms with Crippen LogP contribution >= 0.6 is 11.3 Å². The Hall–Kier alpha value is -3.92. The number of aryl methyl sites for hydroxylation is 1. The van der Waals surface area contributed by atoms with Crippen molar-refractivity contribution in [2.45, 2.75) is 26.4 Å². The van der Waals surface area contributed by atoms with Gasteiger partial charge in [-0.1, -0.05) is 12.1 Å². The van der Waals surface area contributed by atoms with Crippen LogP contribution in [0.1, 0.15) is 23.4 Å². The minimum atomic E-state index is -0.771. The topological polar surface area (TPSA) is 112 Å². The molecule has 0 aliphatic carbocycles. The molecule has 2 aromatic heterocycles. The van der Waals surface area contributed by atoms with Gasteiger partial charge in [-0.2, -0.15) is 5.10 Å². The number of thiophene rings is 1. The van der Waals surface area contributed by atoms with Gasteiger partial charge in [0, 0.05) is 10.9 Å². The summed E-state index contributed by atoms with van der Waals surface area (Å²) in [5.74, 6) is 0.0474. The lowest BCUT2D eigenvalue weighted by Crippen LogP contribution is -2.47. The molecular formula is C24H24N4O5S. The van der Waals surface area contributed by atoms with Crippen LogP contribution in [0.25, 0.3) is 10.6 Å². The maximum atomic E-state index is 13.0. The van der Waals surface area contributed by atoms with E-state index in [1.807, 2.05) is 19.1 Å². The molecule has 176 valence electrons. The fourth-order valence-electron chi connectivity index (χ4n) is 3.65. The predicted octanol–water partition coefficient (Wildman–Crippen LogP) is 3.16. The zero-order valence-corrected chi connectivity index (χ0v) is 19.8. The van der Waals surface area contributed by atoms with E-state index in [0.717, 1.165) is 9.75 Å². The van der Waals surface area contributed by atoms with Crippen molar-refractivity contribution in [2.24, 2.45) is 0 Å². The molecule has 9 nitrogen and oxygen atoms in total. The summed E-state index contributed by atoms with van der Waals surface area (Å²) in [6.07, 6.45) is 0. The van der Waals surface area contributed by atoms with Crippen molar-refractivity contribution in [3.63, 3.8) is 0 Å². The number of carbonyl (C=O) groups excluding carboxylic acids is 2. The number of methoxy groups -OCH3 is 1. The number of rotatable bonds is 7. The van der Waals surface area contributed by atoms with Crippen LogP contribution in [-0.4, -0.2) is 35.5 Å². The first-order chi connectivity index (χ1) is 16.4. The molecule has 0 bridgehead atoms. The maximum absolute atomic E-state index is 13.0. The van der Waals surface area contributed by atoms with E-state index in [1.165, 1.54) is 10.7 Å². The summed E-state index contributed by atoms with van der Waals surface area (Å²) >= 11 is 1.56. The number of amides is 2. The second kappa shape index (κ2) is 9.92. The average Bonchev–Trinajstić information content (AvgIpc) is 3.26. The molecule has 2 amide bonds. The monoisotopic (exact) mass is 480 g/mol. The number of benzene rings is 1. The average molecular weight is 481 g/mol. The van der Waals surface area contributed by atoms with Gasteiger partial charge in [-0.25, -0.2) is 14.3 Å². The highest BCUT2D eigenvalue weighted by atomic mass is 32.1. The highest BCUT2D eigenvalue weighted by molar-refractivity contribution is 7.15. The highest BCUT2D eigenvalue weighted by Crippen LogP contribution is 2.30. The lowest BCUT2D eigenvalue weighted by Gasteiger charge is -2.29. The summed E-state index contributed by atoms with van der Waals surface area (Å²) in [5.41, 5.74) is 1.39. The Morgan fingerprint density at radius 2 is 1.88 bits per heavy atom. The van der Waals surface area contributed by atoms with Crippen molar-refractivity contribution in [3.8, 4) is 16.3 Å². The Morgan fingerprint density at radius 1 is 1.12 bits per heavy atom. The molecule has 3 heterocycles. The second-order valence-corrected chi connectivity index (χ2v) is 8.83. The first kappa shape index (κ1) is 23.2. The van der Waals surface area contributed by atoms with E-state index in [2.05, 4.69) is 15.7 Å². The van der Waals surface area contributed by atoms with E-state index >= 15 is 0 Å². The van der Waals surface area contributed by atoms with Crippen LogP contribution in [0.3, 0.4) is 0 Å². The second-order valence-electron chi connectivity index (χ2n) is 7.54. The van der Waals surface area contributed by atoms with Crippen molar-refractivity contribution >= 4 is 23.3 Å². The number of urea groups is 1. The number of hydrogen-bond acceptors (Lipinski definition) is 7. The smallest absolute Gasteiger partial charge is 0.338 e. The number of nitrogens with zero attached hydrogens (tertiary/aromatic N) is 2. The third kappa shape index (κ3) is 4.86. The van der Waals surface area contributed by atoms with Crippen molar-refractivity contribution in [1.29, 1.82) is 0 Å². The van der Waals surface area contributed by atoms with Gasteiger partial charge in [0.15, 0.2) is 0 Å². The number of hydrogen-bond donors (Lipinski definition) is 2. The predicted molar refractivity (Wildman–Crippen MR) is 128 cm³/mol. The molecule has 4 rings (SSSR count). The SMILES string of the molecule is CCOC(=O)C1=C(Cn2nc(-c3ccc(C)s3)ccc2=O)NC(=O)NC1c1ccc(OC)cc1. The fraction of sp³-hybridized carbons (Fsp3) is 0.250. The van der Waals surface area contributed by atoms with Gasteiger partial charge in [-0.3, -0.25) is 4.79 Å². The Balaban J connectivity index is 1.78. The first-order valence-electron chi connectivity index (χ1n) is 10.7. The Morgan fingerprint density at radius 3 is 2.53 bits per heavy atom. The van der Waals surface area contributed by atoms with Gasteiger partial charge in [0.2, 0.25) is 0 Å².